The van der Waals surface area contributed by atoms with Crippen molar-refractivity contribution in [3.8, 4) is 0 Å². The summed E-state index contributed by atoms with van der Waals surface area (Å²) in [6, 6.07) is 12.1. The van der Waals surface area contributed by atoms with Gasteiger partial charge in [0.15, 0.2) is 0 Å². The Morgan fingerprint density at radius 2 is 1.64 bits per heavy atom. The van der Waals surface area contributed by atoms with Crippen LogP contribution in [0, 0.1) is 0 Å². The van der Waals surface area contributed by atoms with Gasteiger partial charge in [-0.3, -0.25) is 14.1 Å². The highest BCUT2D eigenvalue weighted by atomic mass is 32.2. The Kier molecular flexibility index (Phi) is 4.18. The Balaban J connectivity index is 0.000000213. The van der Waals surface area contributed by atoms with Gasteiger partial charge in [-0.15, -0.1) is 0 Å². The Morgan fingerprint density at radius 1 is 1.07 bits per heavy atom. The largest absolute Gasteiger partial charge is 0.299 e. The van der Waals surface area contributed by atoms with Crippen molar-refractivity contribution >= 4 is 22.3 Å². The first kappa shape index (κ1) is 10.8. The van der Waals surface area contributed by atoms with E-state index in [0.717, 1.165) is 5.52 Å². The van der Waals surface area contributed by atoms with Gasteiger partial charge < -0.3 is 0 Å². The van der Waals surface area contributed by atoms with Gasteiger partial charge in [0.1, 0.15) is 0 Å². The quantitative estimate of drug-likeness (QED) is 0.653. The molecular weight excluding hydrogens is 202 g/mol. The molecule has 0 unspecified atom stereocenters. The minimum absolute atomic E-state index is 1.06. The van der Waals surface area contributed by atoms with E-state index in [1.807, 2.05) is 30.5 Å². The molecule has 2 N–H and O–H groups in total. The molecule has 0 aliphatic rings. The topological polar surface area (TPSA) is 70.4 Å². The zero-order valence-electron chi connectivity index (χ0n) is 7.20. The van der Waals surface area contributed by atoms with Crippen molar-refractivity contribution in [1.82, 2.24) is 4.98 Å². The van der Waals surface area contributed by atoms with Gasteiger partial charge in [-0.1, -0.05) is 24.3 Å². The van der Waals surface area contributed by atoms with Crippen molar-refractivity contribution in [2.24, 2.45) is 0 Å². The molecule has 0 aliphatic carbocycles. The summed E-state index contributed by atoms with van der Waals surface area (Å²) < 4.78 is 22.8. The van der Waals surface area contributed by atoms with E-state index < -0.39 is 11.4 Å². The fraction of sp³-hybridized carbons (Fsp3) is 0. The normalized spacial score (nSPS) is 9.64. The molecule has 5 heteroatoms. The van der Waals surface area contributed by atoms with E-state index in [-0.39, 0.29) is 0 Å². The average Bonchev–Trinajstić information content (AvgIpc) is 2.17. The predicted octanol–water partition coefficient (Wildman–Crippen LogP) is 1.92. The number of aromatic nitrogens is 1. The maximum absolute atomic E-state index is 8.67. The van der Waals surface area contributed by atoms with Gasteiger partial charge in [0.05, 0.1) is 5.52 Å². The smallest absolute Gasteiger partial charge is 0.284 e. The fourth-order valence-electron chi connectivity index (χ4n) is 1.02. The minimum Gasteiger partial charge on any atom is -0.284 e. The number of pyridine rings is 1. The van der Waals surface area contributed by atoms with E-state index in [4.69, 9.17) is 13.3 Å². The maximum Gasteiger partial charge on any atom is 0.299 e. The molecule has 0 amide bonds. The number of hydrogen-bond acceptors (Lipinski definition) is 2. The number of para-hydroxylation sites is 1. The number of rotatable bonds is 0. The Bertz CT molecular complexity index is 364. The van der Waals surface area contributed by atoms with Gasteiger partial charge in [-0.25, -0.2) is 0 Å². The molecule has 0 saturated carbocycles. The molecule has 0 aliphatic heterocycles. The van der Waals surface area contributed by atoms with E-state index in [1.165, 1.54) is 5.39 Å². The van der Waals surface area contributed by atoms with Gasteiger partial charge in [-0.05, 0) is 12.1 Å². The van der Waals surface area contributed by atoms with Crippen LogP contribution in [0.15, 0.2) is 42.6 Å². The SMILES string of the molecule is O=S(O)O.c1ccc2ncccc2c1. The molecule has 4 nitrogen and oxygen atoms in total. The molecule has 2 rings (SSSR count). The highest BCUT2D eigenvalue weighted by Crippen LogP contribution is 2.07. The molecule has 1 heterocycles. The number of fused-ring (bicyclic) bond motifs is 1. The lowest BCUT2D eigenvalue weighted by molar-refractivity contribution is 0.454. The zero-order valence-corrected chi connectivity index (χ0v) is 8.02. The van der Waals surface area contributed by atoms with Crippen LogP contribution >= 0.6 is 0 Å². The van der Waals surface area contributed by atoms with Crippen molar-refractivity contribution < 1.29 is 13.3 Å². The third-order valence-corrected chi connectivity index (χ3v) is 1.51. The average molecular weight is 211 g/mol. The second-order valence-electron chi connectivity index (χ2n) is 2.43. The van der Waals surface area contributed by atoms with E-state index in [2.05, 4.69) is 17.1 Å². The standard InChI is InChI=1S/C9H7N.H2O3S/c1-2-6-9-8(4-1)5-3-7-10-9;1-4(2)3/h1-7H;(H2,1,2,3). The van der Waals surface area contributed by atoms with Crippen LogP contribution in [-0.2, 0) is 11.4 Å². The van der Waals surface area contributed by atoms with Gasteiger partial charge >= 0.3 is 0 Å². The fourth-order valence-corrected chi connectivity index (χ4v) is 1.02. The molecule has 74 valence electrons. The van der Waals surface area contributed by atoms with Crippen molar-refractivity contribution in [1.29, 1.82) is 0 Å². The summed E-state index contributed by atoms with van der Waals surface area (Å²) in [7, 11) is 0. The first-order valence-electron chi connectivity index (χ1n) is 3.80. The summed E-state index contributed by atoms with van der Waals surface area (Å²) >= 11 is -2.61. The van der Waals surface area contributed by atoms with Crippen LogP contribution in [0.3, 0.4) is 0 Å². The lowest BCUT2D eigenvalue weighted by Crippen LogP contribution is -1.74. The summed E-state index contributed by atoms with van der Waals surface area (Å²) in [5.41, 5.74) is 1.06. The van der Waals surface area contributed by atoms with E-state index >= 15 is 0 Å². The molecule has 0 radical (unpaired) electrons. The molecule has 0 atom stereocenters. The van der Waals surface area contributed by atoms with Gasteiger partial charge in [-0.2, -0.15) is 4.21 Å². The molecule has 14 heavy (non-hydrogen) atoms. The number of nitrogens with zero attached hydrogens (tertiary/aromatic N) is 1. The van der Waals surface area contributed by atoms with E-state index in [9.17, 15) is 0 Å². The summed E-state index contributed by atoms with van der Waals surface area (Å²) in [5.74, 6) is 0. The van der Waals surface area contributed by atoms with Crippen LogP contribution in [-0.4, -0.2) is 18.3 Å². The third-order valence-electron chi connectivity index (χ3n) is 1.51. The molecule has 0 spiro atoms. The number of hydrogen-bond donors (Lipinski definition) is 2. The highest BCUT2D eigenvalue weighted by Gasteiger charge is 1.86. The Labute approximate surface area is 83.7 Å². The second kappa shape index (κ2) is 5.43. The van der Waals surface area contributed by atoms with Crippen LogP contribution in [0.1, 0.15) is 0 Å². The molecule has 1 aromatic carbocycles. The van der Waals surface area contributed by atoms with Crippen LogP contribution < -0.4 is 0 Å². The van der Waals surface area contributed by atoms with Crippen molar-refractivity contribution in [3.05, 3.63) is 42.6 Å². The molecule has 0 fully saturated rings. The van der Waals surface area contributed by atoms with Crippen LogP contribution in [0.2, 0.25) is 0 Å². The minimum atomic E-state index is -2.61. The van der Waals surface area contributed by atoms with Crippen LogP contribution in [0.5, 0.6) is 0 Å². The lowest BCUT2D eigenvalue weighted by atomic mass is 10.2. The van der Waals surface area contributed by atoms with Crippen LogP contribution in [0.4, 0.5) is 0 Å². The monoisotopic (exact) mass is 211 g/mol. The van der Waals surface area contributed by atoms with Crippen molar-refractivity contribution in [3.63, 3.8) is 0 Å². The summed E-state index contributed by atoms with van der Waals surface area (Å²) in [6.07, 6.45) is 1.81. The summed E-state index contributed by atoms with van der Waals surface area (Å²) in [6.45, 7) is 0. The van der Waals surface area contributed by atoms with Crippen molar-refractivity contribution in [2.45, 2.75) is 0 Å². The van der Waals surface area contributed by atoms with Crippen LogP contribution in [0.25, 0.3) is 10.9 Å². The first-order valence-corrected chi connectivity index (χ1v) is 4.86. The zero-order chi connectivity index (χ0) is 10.4. The molecule has 0 bridgehead atoms. The summed E-state index contributed by atoms with van der Waals surface area (Å²) in [5, 5.41) is 1.20. The number of benzene rings is 1. The third kappa shape index (κ3) is 3.61. The lowest BCUT2D eigenvalue weighted by Gasteiger charge is -1.91. The Morgan fingerprint density at radius 3 is 2.29 bits per heavy atom. The highest BCUT2D eigenvalue weighted by molar-refractivity contribution is 7.73. The van der Waals surface area contributed by atoms with Crippen molar-refractivity contribution in [2.75, 3.05) is 0 Å². The molecular formula is C9H9NO3S. The molecule has 1 aromatic heterocycles. The second-order valence-corrected chi connectivity index (χ2v) is 2.89. The molecule has 0 saturated heterocycles. The van der Waals surface area contributed by atoms with E-state index in [1.54, 1.807) is 0 Å². The van der Waals surface area contributed by atoms with Gasteiger partial charge in [0.25, 0.3) is 11.4 Å². The first-order chi connectivity index (χ1) is 6.70. The molecule has 2 aromatic rings. The summed E-state index contributed by atoms with van der Waals surface area (Å²) in [4.78, 5) is 4.18. The maximum atomic E-state index is 8.67. The van der Waals surface area contributed by atoms with Gasteiger partial charge in [0.2, 0.25) is 0 Å². The van der Waals surface area contributed by atoms with E-state index in [0.29, 0.717) is 0 Å². The van der Waals surface area contributed by atoms with Gasteiger partial charge in [0, 0.05) is 11.6 Å². The Hall–Kier alpha value is -1.30. The predicted molar refractivity (Wildman–Crippen MR) is 55.1 cm³/mol.